The van der Waals surface area contributed by atoms with E-state index in [2.05, 4.69) is 6.58 Å². The van der Waals surface area contributed by atoms with Gasteiger partial charge in [0, 0.05) is 0 Å². The summed E-state index contributed by atoms with van der Waals surface area (Å²) in [6.07, 6.45) is 1.75. The number of rotatable bonds is 1. The van der Waals surface area contributed by atoms with E-state index >= 15 is 0 Å². The Labute approximate surface area is 101 Å². The van der Waals surface area contributed by atoms with Crippen LogP contribution in [0, 0.1) is 0 Å². The Morgan fingerprint density at radius 1 is 1.38 bits per heavy atom. The Morgan fingerprint density at radius 3 is 2.00 bits per heavy atom. The van der Waals surface area contributed by atoms with Crippen molar-refractivity contribution in [3.05, 3.63) is 48.6 Å². The molecule has 0 amide bonds. The first-order valence-electron chi connectivity index (χ1n) is 3.55. The Bertz CT molecular complexity index is 244. The molecule has 0 fully saturated rings. The number of carboxylic acid groups (broad SMARTS) is 1. The van der Waals surface area contributed by atoms with Crippen molar-refractivity contribution < 1.29 is 39.5 Å². The van der Waals surface area contributed by atoms with Crippen molar-refractivity contribution in [3.8, 4) is 0 Å². The fourth-order valence-electron chi connectivity index (χ4n) is 0.574. The summed E-state index contributed by atoms with van der Waals surface area (Å²) in [4.78, 5) is 10.1. The summed E-state index contributed by atoms with van der Waals surface area (Å²) >= 11 is 0. The first kappa shape index (κ1) is 14.9. The minimum atomic E-state index is -1.13. The molecule has 0 N–H and O–H groups in total. The van der Waals surface area contributed by atoms with Gasteiger partial charge in [-0.3, -0.25) is 0 Å². The van der Waals surface area contributed by atoms with Gasteiger partial charge in [0.1, 0.15) is 0 Å². The zero-order chi connectivity index (χ0) is 9.40. The third kappa shape index (κ3) is 7.78. The molecule has 0 spiro atoms. The molecule has 2 nitrogen and oxygen atoms in total. The molecule has 0 heterocycles. The van der Waals surface area contributed by atoms with E-state index in [-0.39, 0.29) is 35.1 Å². The molecule has 0 bridgehead atoms. The van der Waals surface area contributed by atoms with Crippen LogP contribution in [0.2, 0.25) is 0 Å². The number of carbonyl (C=O) groups excluding carboxylic acids is 1. The average molecular weight is 186 g/mol. The number of hydrogen-bond donors (Lipinski definition) is 0. The van der Waals surface area contributed by atoms with Crippen LogP contribution < -0.4 is 34.7 Å². The summed E-state index contributed by atoms with van der Waals surface area (Å²) in [5.74, 6) is -1.13. The van der Waals surface area contributed by atoms with Crippen molar-refractivity contribution in [2.45, 2.75) is 6.92 Å². The van der Waals surface area contributed by atoms with Crippen LogP contribution in [0.1, 0.15) is 17.3 Å². The molecule has 0 atom stereocenters. The van der Waals surface area contributed by atoms with Crippen molar-refractivity contribution in [1.82, 2.24) is 0 Å². The zero-order valence-electron chi connectivity index (χ0n) is 7.99. The van der Waals surface area contributed by atoms with E-state index in [1.54, 1.807) is 24.3 Å². The maximum atomic E-state index is 10.1. The standard InChI is InChI=1S/C7H6O2.C3H6.Na/c8-7(9)6-4-2-1-3-5-6;1-3-2;/h1-5H,(H,8,9);3H,1H2,2H3;/q;;+1/p-1. The van der Waals surface area contributed by atoms with Crippen molar-refractivity contribution in [2.75, 3.05) is 0 Å². The molecule has 1 aromatic rings. The molecular weight excluding hydrogens is 175 g/mol. The summed E-state index contributed by atoms with van der Waals surface area (Å²) < 4.78 is 0. The Morgan fingerprint density at radius 2 is 1.77 bits per heavy atom. The van der Waals surface area contributed by atoms with E-state index in [0.717, 1.165) is 0 Å². The Kier molecular flexibility index (Phi) is 10.9. The molecule has 64 valence electrons. The van der Waals surface area contributed by atoms with Crippen LogP contribution in [0.3, 0.4) is 0 Å². The van der Waals surface area contributed by atoms with Crippen molar-refractivity contribution in [1.29, 1.82) is 0 Å². The van der Waals surface area contributed by atoms with Gasteiger partial charge in [-0.05, 0) is 12.5 Å². The predicted molar refractivity (Wildman–Crippen MR) is 46.6 cm³/mol. The normalized spacial score (nSPS) is 7.15. The van der Waals surface area contributed by atoms with E-state index in [1.807, 2.05) is 6.92 Å². The van der Waals surface area contributed by atoms with Gasteiger partial charge in [0.2, 0.25) is 0 Å². The van der Waals surface area contributed by atoms with Crippen LogP contribution in [-0.2, 0) is 0 Å². The van der Waals surface area contributed by atoms with Gasteiger partial charge < -0.3 is 9.90 Å². The summed E-state index contributed by atoms with van der Waals surface area (Å²) in [6, 6.07) is 8.06. The van der Waals surface area contributed by atoms with Gasteiger partial charge in [0.05, 0.1) is 5.97 Å². The monoisotopic (exact) mass is 186 g/mol. The van der Waals surface area contributed by atoms with Gasteiger partial charge >= 0.3 is 29.6 Å². The van der Waals surface area contributed by atoms with Gasteiger partial charge in [-0.25, -0.2) is 0 Å². The molecule has 0 saturated heterocycles. The van der Waals surface area contributed by atoms with Crippen molar-refractivity contribution in [2.24, 2.45) is 0 Å². The third-order valence-corrected chi connectivity index (χ3v) is 1.01. The van der Waals surface area contributed by atoms with E-state index in [0.29, 0.717) is 0 Å². The molecule has 3 heteroatoms. The molecular formula is C10H11NaO2. The van der Waals surface area contributed by atoms with Crippen LogP contribution in [0.5, 0.6) is 0 Å². The van der Waals surface area contributed by atoms with E-state index in [4.69, 9.17) is 0 Å². The van der Waals surface area contributed by atoms with Crippen molar-refractivity contribution >= 4 is 5.97 Å². The molecule has 0 saturated carbocycles. The Balaban J connectivity index is 0. The van der Waals surface area contributed by atoms with Gasteiger partial charge in [0.25, 0.3) is 0 Å². The first-order chi connectivity index (χ1) is 5.72. The number of benzene rings is 1. The molecule has 0 aliphatic rings. The van der Waals surface area contributed by atoms with E-state index in [1.165, 1.54) is 12.1 Å². The van der Waals surface area contributed by atoms with Crippen molar-refractivity contribution in [3.63, 3.8) is 0 Å². The second-order valence-corrected chi connectivity index (χ2v) is 2.06. The van der Waals surface area contributed by atoms with E-state index < -0.39 is 5.97 Å². The number of carbonyl (C=O) groups is 1. The maximum Gasteiger partial charge on any atom is 1.00 e. The quantitative estimate of drug-likeness (QED) is 0.385. The molecule has 0 aliphatic carbocycles. The van der Waals surface area contributed by atoms with Crippen LogP contribution >= 0.6 is 0 Å². The van der Waals surface area contributed by atoms with Crippen LogP contribution in [0.4, 0.5) is 0 Å². The SMILES string of the molecule is C=CC.O=C([O-])c1ccccc1.[Na+]. The molecule has 0 aliphatic heterocycles. The fraction of sp³-hybridized carbons (Fsp3) is 0.100. The smallest absolute Gasteiger partial charge is 0.545 e. The molecule has 13 heavy (non-hydrogen) atoms. The van der Waals surface area contributed by atoms with Gasteiger partial charge in [-0.2, -0.15) is 0 Å². The maximum absolute atomic E-state index is 10.1. The second-order valence-electron chi connectivity index (χ2n) is 2.06. The minimum Gasteiger partial charge on any atom is -0.545 e. The number of hydrogen-bond acceptors (Lipinski definition) is 2. The first-order valence-corrected chi connectivity index (χ1v) is 3.55. The minimum absolute atomic E-state index is 0. The Hall–Kier alpha value is -0.570. The van der Waals surface area contributed by atoms with Crippen LogP contribution in [0.15, 0.2) is 43.0 Å². The predicted octanol–water partition coefficient (Wildman–Crippen LogP) is -1.75. The second kappa shape index (κ2) is 9.52. The largest absolute Gasteiger partial charge is 1.00 e. The molecule has 0 aromatic heterocycles. The summed E-state index contributed by atoms with van der Waals surface area (Å²) in [5, 5.41) is 10.1. The molecule has 1 aromatic carbocycles. The van der Waals surface area contributed by atoms with Crippen LogP contribution in [0.25, 0.3) is 0 Å². The topological polar surface area (TPSA) is 40.1 Å². The summed E-state index contributed by atoms with van der Waals surface area (Å²) in [6.45, 7) is 5.25. The van der Waals surface area contributed by atoms with Crippen LogP contribution in [-0.4, -0.2) is 5.97 Å². The fourth-order valence-corrected chi connectivity index (χ4v) is 0.574. The third-order valence-electron chi connectivity index (χ3n) is 1.01. The molecule has 1 rings (SSSR count). The summed E-state index contributed by atoms with van der Waals surface area (Å²) in [7, 11) is 0. The molecule has 0 radical (unpaired) electrons. The zero-order valence-corrected chi connectivity index (χ0v) is 9.99. The van der Waals surface area contributed by atoms with Gasteiger partial charge in [0.15, 0.2) is 0 Å². The average Bonchev–Trinajstić information content (AvgIpc) is 2.07. The summed E-state index contributed by atoms with van der Waals surface area (Å²) in [5.41, 5.74) is 0.220. The number of aromatic carboxylic acids is 1. The van der Waals surface area contributed by atoms with Gasteiger partial charge in [-0.1, -0.05) is 36.4 Å². The van der Waals surface area contributed by atoms with Gasteiger partial charge in [-0.15, -0.1) is 6.58 Å². The number of allylic oxidation sites excluding steroid dienone is 1. The molecule has 0 unspecified atom stereocenters. The number of carboxylic acids is 1. The van der Waals surface area contributed by atoms with E-state index in [9.17, 15) is 9.90 Å².